The van der Waals surface area contributed by atoms with Crippen molar-refractivity contribution in [2.24, 2.45) is 0 Å². The Morgan fingerprint density at radius 3 is 2.61 bits per heavy atom. The first-order chi connectivity index (χ1) is 15.3. The minimum atomic E-state index is 0.140. The molecule has 0 bridgehead atoms. The van der Waals surface area contributed by atoms with E-state index in [0.717, 1.165) is 42.4 Å². The molecule has 1 unspecified atom stereocenters. The van der Waals surface area contributed by atoms with Crippen LogP contribution in [0.5, 0.6) is 0 Å². The first-order valence-electron chi connectivity index (χ1n) is 10.6. The van der Waals surface area contributed by atoms with Gasteiger partial charge < -0.3 is 4.90 Å². The summed E-state index contributed by atoms with van der Waals surface area (Å²) < 4.78 is 3.93. The largest absolute Gasteiger partial charge is 0.341 e. The van der Waals surface area contributed by atoms with Crippen LogP contribution in [0, 0.1) is 6.92 Å². The fourth-order valence-electron chi connectivity index (χ4n) is 4.50. The molecule has 6 rings (SSSR count). The molecule has 0 radical (unpaired) electrons. The highest BCUT2D eigenvalue weighted by atomic mass is 15.4. The van der Waals surface area contributed by atoms with Gasteiger partial charge in [0.1, 0.15) is 11.5 Å². The minimum absolute atomic E-state index is 0.140. The lowest BCUT2D eigenvalue weighted by molar-refractivity contribution is 0.341. The summed E-state index contributed by atoms with van der Waals surface area (Å²) in [4.78, 5) is 25.3. The van der Waals surface area contributed by atoms with Crippen molar-refractivity contribution in [3.63, 3.8) is 0 Å². The number of aromatic nitrogens is 9. The summed E-state index contributed by atoms with van der Waals surface area (Å²) in [5.41, 5.74) is 0.926. The third-order valence-electron chi connectivity index (χ3n) is 6.18. The zero-order valence-electron chi connectivity index (χ0n) is 17.4. The Morgan fingerprint density at radius 1 is 1.03 bits per heavy atom. The first-order valence-corrected chi connectivity index (χ1v) is 10.6. The standard InChI is InChI=1S/C21H22N10/c1-3-15-19-28-27-13(2)30(19)16-12-25-21(26-18(16)31(15)14-6-4-7-14)29-11-10-24-20(29)17-22-8-5-9-23-17/h5,8-12,14-15H,3-4,6-7H2,1-2H3. The van der Waals surface area contributed by atoms with Gasteiger partial charge in [0.2, 0.25) is 5.95 Å². The smallest absolute Gasteiger partial charge is 0.237 e. The summed E-state index contributed by atoms with van der Waals surface area (Å²) in [6.07, 6.45) is 13.3. The van der Waals surface area contributed by atoms with Crippen LogP contribution in [-0.2, 0) is 0 Å². The van der Waals surface area contributed by atoms with Crippen molar-refractivity contribution in [2.45, 2.75) is 51.6 Å². The summed E-state index contributed by atoms with van der Waals surface area (Å²) in [5, 5.41) is 8.87. The highest BCUT2D eigenvalue weighted by molar-refractivity contribution is 5.64. The highest BCUT2D eigenvalue weighted by Crippen LogP contribution is 2.43. The average molecular weight is 414 g/mol. The third kappa shape index (κ3) is 2.67. The Kier molecular flexibility index (Phi) is 4.05. The maximum Gasteiger partial charge on any atom is 0.237 e. The lowest BCUT2D eigenvalue weighted by Crippen LogP contribution is -2.46. The van der Waals surface area contributed by atoms with E-state index in [1.165, 1.54) is 6.42 Å². The van der Waals surface area contributed by atoms with Gasteiger partial charge in [0.15, 0.2) is 23.3 Å². The quantitative estimate of drug-likeness (QED) is 0.502. The Hall–Kier alpha value is -3.69. The highest BCUT2D eigenvalue weighted by Gasteiger charge is 2.40. The summed E-state index contributed by atoms with van der Waals surface area (Å²) >= 11 is 0. The summed E-state index contributed by atoms with van der Waals surface area (Å²) in [7, 11) is 0. The van der Waals surface area contributed by atoms with E-state index in [-0.39, 0.29) is 6.04 Å². The molecule has 1 atom stereocenters. The number of nitrogens with zero attached hydrogens (tertiary/aromatic N) is 10. The van der Waals surface area contributed by atoms with Crippen LogP contribution in [0.1, 0.15) is 50.3 Å². The molecule has 0 spiro atoms. The Balaban J connectivity index is 1.53. The van der Waals surface area contributed by atoms with Crippen LogP contribution in [0.2, 0.25) is 0 Å². The van der Waals surface area contributed by atoms with Crippen LogP contribution in [0.25, 0.3) is 23.3 Å². The molecule has 1 saturated carbocycles. The number of imidazole rings is 1. The topological polar surface area (TPSA) is 103 Å². The van der Waals surface area contributed by atoms with E-state index in [1.807, 2.05) is 23.9 Å². The van der Waals surface area contributed by atoms with E-state index in [0.29, 0.717) is 23.6 Å². The molecule has 0 N–H and O–H groups in total. The van der Waals surface area contributed by atoms with E-state index in [2.05, 4.69) is 46.5 Å². The lowest BCUT2D eigenvalue weighted by atomic mass is 9.89. The number of anilines is 1. The maximum atomic E-state index is 5.05. The minimum Gasteiger partial charge on any atom is -0.341 e. The van der Waals surface area contributed by atoms with E-state index in [4.69, 9.17) is 4.98 Å². The predicted molar refractivity (Wildman–Crippen MR) is 113 cm³/mol. The molecule has 0 saturated heterocycles. The zero-order valence-corrected chi connectivity index (χ0v) is 17.4. The van der Waals surface area contributed by atoms with E-state index < -0.39 is 0 Å². The number of rotatable bonds is 4. The van der Waals surface area contributed by atoms with Crippen LogP contribution in [-0.4, -0.2) is 50.3 Å². The van der Waals surface area contributed by atoms with Gasteiger partial charge in [-0.3, -0.25) is 9.13 Å². The third-order valence-corrected chi connectivity index (χ3v) is 6.18. The molecule has 156 valence electrons. The normalized spacial score (nSPS) is 17.9. The zero-order chi connectivity index (χ0) is 20.9. The molecule has 0 aromatic carbocycles. The Labute approximate surface area is 179 Å². The first kappa shape index (κ1) is 18.1. The van der Waals surface area contributed by atoms with E-state index in [1.54, 1.807) is 24.7 Å². The van der Waals surface area contributed by atoms with Crippen molar-refractivity contribution >= 4 is 5.82 Å². The molecular weight excluding hydrogens is 392 g/mol. The van der Waals surface area contributed by atoms with Crippen molar-refractivity contribution in [1.82, 2.24) is 44.3 Å². The average Bonchev–Trinajstić information content (AvgIpc) is 3.40. The van der Waals surface area contributed by atoms with Gasteiger partial charge in [-0.2, -0.15) is 4.98 Å². The number of hydrogen-bond donors (Lipinski definition) is 0. The van der Waals surface area contributed by atoms with Gasteiger partial charge in [-0.05, 0) is 38.7 Å². The summed E-state index contributed by atoms with van der Waals surface area (Å²) in [6.45, 7) is 4.17. The second-order valence-corrected chi connectivity index (χ2v) is 7.93. The van der Waals surface area contributed by atoms with Crippen LogP contribution < -0.4 is 4.90 Å². The molecule has 0 amide bonds. The van der Waals surface area contributed by atoms with Gasteiger partial charge in [-0.25, -0.2) is 19.9 Å². The monoisotopic (exact) mass is 414 g/mol. The van der Waals surface area contributed by atoms with Crippen molar-refractivity contribution in [2.75, 3.05) is 4.90 Å². The molecule has 1 aliphatic heterocycles. The predicted octanol–water partition coefficient (Wildman–Crippen LogP) is 2.83. The fourth-order valence-corrected chi connectivity index (χ4v) is 4.50. The molecule has 10 nitrogen and oxygen atoms in total. The molecule has 1 fully saturated rings. The summed E-state index contributed by atoms with van der Waals surface area (Å²) in [6, 6.07) is 2.38. The molecule has 5 heterocycles. The van der Waals surface area contributed by atoms with Crippen molar-refractivity contribution in [1.29, 1.82) is 0 Å². The number of fused-ring (bicyclic) bond motifs is 3. The van der Waals surface area contributed by atoms with Gasteiger partial charge >= 0.3 is 0 Å². The molecule has 4 aromatic rings. The SMILES string of the molecule is CCC1c2nnc(C)n2-c2cnc(-n3ccnc3-c3ncccn3)nc2N1C1CCC1. The van der Waals surface area contributed by atoms with Gasteiger partial charge in [-0.1, -0.05) is 6.92 Å². The van der Waals surface area contributed by atoms with Crippen LogP contribution in [0.15, 0.2) is 37.1 Å². The lowest BCUT2D eigenvalue weighted by Gasteiger charge is -2.45. The maximum absolute atomic E-state index is 5.05. The second-order valence-electron chi connectivity index (χ2n) is 7.93. The van der Waals surface area contributed by atoms with E-state index in [9.17, 15) is 0 Å². The van der Waals surface area contributed by atoms with Crippen LogP contribution in [0.4, 0.5) is 5.82 Å². The molecule has 2 aliphatic rings. The fraction of sp³-hybridized carbons (Fsp3) is 0.381. The second kappa shape index (κ2) is 6.93. The number of hydrogen-bond acceptors (Lipinski definition) is 8. The summed E-state index contributed by atoms with van der Waals surface area (Å²) in [5.74, 6) is 4.43. The molecule has 10 heteroatoms. The van der Waals surface area contributed by atoms with Gasteiger partial charge in [0, 0.05) is 30.8 Å². The molecule has 1 aliphatic carbocycles. The van der Waals surface area contributed by atoms with Crippen LogP contribution >= 0.6 is 0 Å². The van der Waals surface area contributed by atoms with Gasteiger partial charge in [-0.15, -0.1) is 10.2 Å². The van der Waals surface area contributed by atoms with Crippen molar-refractivity contribution in [3.05, 3.63) is 48.7 Å². The van der Waals surface area contributed by atoms with Gasteiger partial charge in [0.05, 0.1) is 12.2 Å². The van der Waals surface area contributed by atoms with E-state index >= 15 is 0 Å². The van der Waals surface area contributed by atoms with Gasteiger partial charge in [0.25, 0.3) is 0 Å². The Bertz CT molecular complexity index is 1240. The van der Waals surface area contributed by atoms with Crippen molar-refractivity contribution in [3.8, 4) is 23.3 Å². The number of aryl methyl sites for hydroxylation is 1. The van der Waals surface area contributed by atoms with Crippen molar-refractivity contribution < 1.29 is 0 Å². The Morgan fingerprint density at radius 2 is 1.87 bits per heavy atom. The molecule has 31 heavy (non-hydrogen) atoms. The van der Waals surface area contributed by atoms with Crippen LogP contribution in [0.3, 0.4) is 0 Å². The molecular formula is C21H22N10. The molecule has 4 aromatic heterocycles.